The van der Waals surface area contributed by atoms with Gasteiger partial charge in [-0.15, -0.1) is 0 Å². The number of pyridine rings is 1. The fraction of sp³-hybridized carbons (Fsp3) is 0.529. The van der Waals surface area contributed by atoms with Crippen LogP contribution in [0.4, 0.5) is 4.79 Å². The minimum absolute atomic E-state index is 0.112. The molecular formula is C17H23N5O3. The van der Waals surface area contributed by atoms with Gasteiger partial charge in [0.05, 0.1) is 12.0 Å². The quantitative estimate of drug-likeness (QED) is 0.806. The van der Waals surface area contributed by atoms with Crippen molar-refractivity contribution < 1.29 is 14.4 Å². The Balaban J connectivity index is 1.64. The monoisotopic (exact) mass is 345 g/mol. The molecule has 0 aromatic carbocycles. The van der Waals surface area contributed by atoms with Crippen LogP contribution < -0.4 is 11.1 Å². The zero-order valence-electron chi connectivity index (χ0n) is 14.1. The highest BCUT2D eigenvalue weighted by atomic mass is 16.2. The van der Waals surface area contributed by atoms with Gasteiger partial charge in [0.15, 0.2) is 0 Å². The Hall–Kier alpha value is -2.64. The lowest BCUT2D eigenvalue weighted by atomic mass is 9.78. The molecule has 2 aliphatic heterocycles. The molecule has 2 aliphatic rings. The molecule has 2 fully saturated rings. The van der Waals surface area contributed by atoms with Crippen LogP contribution in [-0.4, -0.2) is 58.8 Å². The summed E-state index contributed by atoms with van der Waals surface area (Å²) < 4.78 is 0. The van der Waals surface area contributed by atoms with Crippen molar-refractivity contribution in [2.75, 3.05) is 26.2 Å². The topological polar surface area (TPSA) is 109 Å². The van der Waals surface area contributed by atoms with Crippen LogP contribution in [0.2, 0.25) is 0 Å². The standard InChI is InChI=1S/C17H23N5O3/c18-16(25)20-10-14(23)22-8-5-17(12-22)4-2-7-21(15(17)24)11-13-3-1-6-19-9-13/h1,3,6,9H,2,4-5,7-8,10-12H2,(H3,18,20,25). The molecule has 1 spiro atoms. The first-order valence-corrected chi connectivity index (χ1v) is 8.49. The molecule has 8 nitrogen and oxygen atoms in total. The van der Waals surface area contributed by atoms with E-state index in [-0.39, 0.29) is 18.4 Å². The van der Waals surface area contributed by atoms with Crippen LogP contribution in [0.15, 0.2) is 24.5 Å². The molecule has 8 heteroatoms. The summed E-state index contributed by atoms with van der Waals surface area (Å²) in [6.07, 6.45) is 5.87. The summed E-state index contributed by atoms with van der Waals surface area (Å²) in [5, 5.41) is 2.31. The van der Waals surface area contributed by atoms with Crippen LogP contribution in [0.5, 0.6) is 0 Å². The number of nitrogens with two attached hydrogens (primary N) is 1. The van der Waals surface area contributed by atoms with Gasteiger partial charge in [0.25, 0.3) is 0 Å². The van der Waals surface area contributed by atoms with E-state index in [4.69, 9.17) is 5.73 Å². The SMILES string of the molecule is NC(=O)NCC(=O)N1CCC2(CCCN(Cc3cccnc3)C2=O)C1. The number of likely N-dealkylation sites (tertiary alicyclic amines) is 2. The number of hydrogen-bond acceptors (Lipinski definition) is 4. The largest absolute Gasteiger partial charge is 0.352 e. The summed E-state index contributed by atoms with van der Waals surface area (Å²) in [5.41, 5.74) is 5.51. The van der Waals surface area contributed by atoms with Gasteiger partial charge in [-0.3, -0.25) is 14.6 Å². The van der Waals surface area contributed by atoms with E-state index in [0.717, 1.165) is 24.9 Å². The molecule has 3 heterocycles. The van der Waals surface area contributed by atoms with Gasteiger partial charge in [0.1, 0.15) is 0 Å². The van der Waals surface area contributed by atoms with E-state index in [1.165, 1.54) is 0 Å². The molecule has 0 radical (unpaired) electrons. The summed E-state index contributed by atoms with van der Waals surface area (Å²) in [6, 6.07) is 3.10. The Labute approximate surface area is 146 Å². The summed E-state index contributed by atoms with van der Waals surface area (Å²) >= 11 is 0. The highest BCUT2D eigenvalue weighted by molar-refractivity contribution is 5.87. The number of primary amides is 1. The smallest absolute Gasteiger partial charge is 0.312 e. The van der Waals surface area contributed by atoms with Crippen LogP contribution in [0.25, 0.3) is 0 Å². The zero-order chi connectivity index (χ0) is 17.9. The predicted octanol–water partition coefficient (Wildman–Crippen LogP) is 0.0910. The van der Waals surface area contributed by atoms with Gasteiger partial charge < -0.3 is 20.9 Å². The Morgan fingerprint density at radius 2 is 2.16 bits per heavy atom. The van der Waals surface area contributed by atoms with Crippen LogP contribution in [0.3, 0.4) is 0 Å². The van der Waals surface area contributed by atoms with Crippen LogP contribution in [0.1, 0.15) is 24.8 Å². The molecule has 4 amide bonds. The second kappa shape index (κ2) is 7.08. The molecule has 134 valence electrons. The molecule has 0 bridgehead atoms. The Morgan fingerprint density at radius 1 is 1.32 bits per heavy atom. The van der Waals surface area contributed by atoms with Crippen molar-refractivity contribution in [3.8, 4) is 0 Å². The number of nitrogens with one attached hydrogen (secondary N) is 1. The van der Waals surface area contributed by atoms with Crippen LogP contribution in [0, 0.1) is 5.41 Å². The third kappa shape index (κ3) is 3.72. The fourth-order valence-corrected chi connectivity index (χ4v) is 3.75. The molecule has 0 aliphatic carbocycles. The van der Waals surface area contributed by atoms with Crippen molar-refractivity contribution in [2.45, 2.75) is 25.8 Å². The highest BCUT2D eigenvalue weighted by Gasteiger charge is 2.49. The van der Waals surface area contributed by atoms with E-state index in [1.807, 2.05) is 17.0 Å². The molecule has 3 N–H and O–H groups in total. The molecule has 25 heavy (non-hydrogen) atoms. The van der Waals surface area contributed by atoms with Gasteiger partial charge in [-0.2, -0.15) is 0 Å². The molecule has 1 atom stereocenters. The number of amides is 4. The first-order chi connectivity index (χ1) is 12.0. The Morgan fingerprint density at radius 3 is 2.88 bits per heavy atom. The summed E-state index contributed by atoms with van der Waals surface area (Å²) in [4.78, 5) is 43.6. The van der Waals surface area contributed by atoms with Crippen molar-refractivity contribution in [1.29, 1.82) is 0 Å². The van der Waals surface area contributed by atoms with Gasteiger partial charge in [-0.1, -0.05) is 6.07 Å². The zero-order valence-corrected chi connectivity index (χ0v) is 14.1. The van der Waals surface area contributed by atoms with Crippen molar-refractivity contribution in [3.05, 3.63) is 30.1 Å². The van der Waals surface area contributed by atoms with Gasteiger partial charge in [0, 0.05) is 38.6 Å². The maximum absolute atomic E-state index is 13.1. The minimum atomic E-state index is -0.723. The first kappa shape index (κ1) is 17.2. The molecule has 1 unspecified atom stereocenters. The summed E-state index contributed by atoms with van der Waals surface area (Å²) in [5.74, 6) is -0.0892. The molecule has 1 aromatic heterocycles. The van der Waals surface area contributed by atoms with Crippen molar-refractivity contribution in [2.24, 2.45) is 11.1 Å². The second-order valence-electron chi connectivity index (χ2n) is 6.75. The average molecular weight is 345 g/mol. The van der Waals surface area contributed by atoms with Gasteiger partial charge >= 0.3 is 6.03 Å². The average Bonchev–Trinajstić information content (AvgIpc) is 3.03. The normalized spacial score (nSPS) is 23.1. The molecular weight excluding hydrogens is 322 g/mol. The summed E-state index contributed by atoms with van der Waals surface area (Å²) in [6.45, 7) is 2.09. The molecule has 1 aromatic rings. The number of carbonyl (C=O) groups excluding carboxylic acids is 3. The van der Waals surface area contributed by atoms with Crippen molar-refractivity contribution in [3.63, 3.8) is 0 Å². The Kier molecular flexibility index (Phi) is 4.87. The number of carbonyl (C=O) groups is 3. The van der Waals surface area contributed by atoms with E-state index in [0.29, 0.717) is 26.1 Å². The van der Waals surface area contributed by atoms with Crippen LogP contribution in [-0.2, 0) is 16.1 Å². The number of hydrogen-bond donors (Lipinski definition) is 2. The van der Waals surface area contributed by atoms with Gasteiger partial charge in [-0.25, -0.2) is 4.79 Å². The number of piperidine rings is 1. The van der Waals surface area contributed by atoms with E-state index in [1.54, 1.807) is 17.3 Å². The molecule has 2 saturated heterocycles. The third-order valence-corrected chi connectivity index (χ3v) is 5.04. The number of urea groups is 1. The minimum Gasteiger partial charge on any atom is -0.352 e. The van der Waals surface area contributed by atoms with Crippen LogP contribution >= 0.6 is 0 Å². The van der Waals surface area contributed by atoms with E-state index >= 15 is 0 Å². The second-order valence-corrected chi connectivity index (χ2v) is 6.75. The molecule has 0 saturated carbocycles. The highest BCUT2D eigenvalue weighted by Crippen LogP contribution is 2.40. The third-order valence-electron chi connectivity index (χ3n) is 5.04. The first-order valence-electron chi connectivity index (χ1n) is 8.49. The number of rotatable bonds is 4. The fourth-order valence-electron chi connectivity index (χ4n) is 3.75. The van der Waals surface area contributed by atoms with Gasteiger partial charge in [0.2, 0.25) is 11.8 Å². The maximum atomic E-state index is 13.1. The molecule has 3 rings (SSSR count). The van der Waals surface area contributed by atoms with Crippen molar-refractivity contribution >= 4 is 17.8 Å². The maximum Gasteiger partial charge on any atom is 0.312 e. The van der Waals surface area contributed by atoms with E-state index in [9.17, 15) is 14.4 Å². The van der Waals surface area contributed by atoms with Gasteiger partial charge in [-0.05, 0) is 30.9 Å². The summed E-state index contributed by atoms with van der Waals surface area (Å²) in [7, 11) is 0. The number of aromatic nitrogens is 1. The Bertz CT molecular complexity index is 666. The van der Waals surface area contributed by atoms with E-state index < -0.39 is 11.4 Å². The number of nitrogens with zero attached hydrogens (tertiary/aromatic N) is 3. The van der Waals surface area contributed by atoms with E-state index in [2.05, 4.69) is 10.3 Å². The predicted molar refractivity (Wildman–Crippen MR) is 90.1 cm³/mol. The lowest BCUT2D eigenvalue weighted by Crippen LogP contribution is -2.50. The lowest BCUT2D eigenvalue weighted by molar-refractivity contribution is -0.146. The lowest BCUT2D eigenvalue weighted by Gasteiger charge is -2.39. The van der Waals surface area contributed by atoms with Crippen molar-refractivity contribution in [1.82, 2.24) is 20.1 Å².